The van der Waals surface area contributed by atoms with Crippen LogP contribution in [-0.2, 0) is 9.53 Å². The second kappa shape index (κ2) is 9.06. The summed E-state index contributed by atoms with van der Waals surface area (Å²) in [7, 11) is 1.25. The van der Waals surface area contributed by atoms with Crippen molar-refractivity contribution in [1.82, 2.24) is 4.90 Å². The van der Waals surface area contributed by atoms with E-state index in [1.165, 1.54) is 12.0 Å². The molecule has 1 aliphatic rings. The van der Waals surface area contributed by atoms with E-state index in [-0.39, 0.29) is 24.6 Å². The minimum absolute atomic E-state index is 0.0181. The lowest BCUT2D eigenvalue weighted by Crippen LogP contribution is -2.42. The Balaban J connectivity index is 2.36. The van der Waals surface area contributed by atoms with E-state index in [1.807, 2.05) is 0 Å². The standard InChI is InChI=1S/C17H21N3O7/c1-27-16(21)7-8-18(13-5-3-2-4-6-13)17(22)12-9-14(19(23)24)11-15(10-12)20(25)26/h9-11,13H,2-8H2,1H3. The summed E-state index contributed by atoms with van der Waals surface area (Å²) < 4.78 is 4.62. The lowest BCUT2D eigenvalue weighted by Gasteiger charge is -2.34. The van der Waals surface area contributed by atoms with E-state index in [0.717, 1.165) is 50.3 Å². The van der Waals surface area contributed by atoms with Crippen LogP contribution in [0.2, 0.25) is 0 Å². The van der Waals surface area contributed by atoms with Gasteiger partial charge >= 0.3 is 5.97 Å². The van der Waals surface area contributed by atoms with Crippen molar-refractivity contribution in [2.45, 2.75) is 44.6 Å². The van der Waals surface area contributed by atoms with Crippen molar-refractivity contribution >= 4 is 23.3 Å². The monoisotopic (exact) mass is 379 g/mol. The molecule has 10 heteroatoms. The fourth-order valence-electron chi connectivity index (χ4n) is 3.25. The molecule has 0 aromatic heterocycles. The first kappa shape index (κ1) is 20.3. The van der Waals surface area contributed by atoms with Crippen molar-refractivity contribution in [2.24, 2.45) is 0 Å². The first-order valence-electron chi connectivity index (χ1n) is 8.65. The van der Waals surface area contributed by atoms with E-state index in [0.29, 0.717) is 0 Å². The maximum atomic E-state index is 13.0. The van der Waals surface area contributed by atoms with Crippen LogP contribution in [0.15, 0.2) is 18.2 Å². The van der Waals surface area contributed by atoms with Crippen LogP contribution in [0.5, 0.6) is 0 Å². The lowest BCUT2D eigenvalue weighted by molar-refractivity contribution is -0.394. The van der Waals surface area contributed by atoms with E-state index in [1.54, 1.807) is 0 Å². The molecule has 1 amide bonds. The summed E-state index contributed by atoms with van der Waals surface area (Å²) in [5, 5.41) is 22.1. The molecule has 1 aliphatic carbocycles. The van der Waals surface area contributed by atoms with Crippen LogP contribution in [0.1, 0.15) is 48.9 Å². The first-order valence-corrected chi connectivity index (χ1v) is 8.65. The number of carbonyl (C=O) groups is 2. The van der Waals surface area contributed by atoms with E-state index >= 15 is 0 Å². The fourth-order valence-corrected chi connectivity index (χ4v) is 3.25. The maximum absolute atomic E-state index is 13.0. The molecular formula is C17H21N3O7. The van der Waals surface area contributed by atoms with Crippen LogP contribution in [0.4, 0.5) is 11.4 Å². The Kier molecular flexibility index (Phi) is 6.80. The van der Waals surface area contributed by atoms with Crippen molar-refractivity contribution in [3.8, 4) is 0 Å². The van der Waals surface area contributed by atoms with Gasteiger partial charge in [0.1, 0.15) is 0 Å². The van der Waals surface area contributed by atoms with Gasteiger partial charge < -0.3 is 9.64 Å². The molecule has 0 bridgehead atoms. The number of carbonyl (C=O) groups excluding carboxylic acids is 2. The summed E-state index contributed by atoms with van der Waals surface area (Å²) in [6, 6.07) is 2.76. The van der Waals surface area contributed by atoms with Gasteiger partial charge in [-0.25, -0.2) is 0 Å². The summed E-state index contributed by atoms with van der Waals surface area (Å²) >= 11 is 0. The lowest BCUT2D eigenvalue weighted by atomic mass is 9.93. The third-order valence-electron chi connectivity index (χ3n) is 4.63. The number of rotatable bonds is 7. The van der Waals surface area contributed by atoms with Crippen molar-refractivity contribution in [2.75, 3.05) is 13.7 Å². The molecule has 0 spiro atoms. The summed E-state index contributed by atoms with van der Waals surface area (Å²) in [4.78, 5) is 46.6. The van der Waals surface area contributed by atoms with E-state index < -0.39 is 33.1 Å². The van der Waals surface area contributed by atoms with Crippen LogP contribution in [-0.4, -0.2) is 46.3 Å². The Morgan fingerprint density at radius 3 is 2.11 bits per heavy atom. The second-order valence-corrected chi connectivity index (χ2v) is 6.37. The molecule has 1 fully saturated rings. The topological polar surface area (TPSA) is 133 Å². The smallest absolute Gasteiger partial charge is 0.307 e. The minimum Gasteiger partial charge on any atom is -0.469 e. The number of amides is 1. The normalized spacial score (nSPS) is 14.4. The molecular weight excluding hydrogens is 358 g/mol. The average Bonchev–Trinajstić information content (AvgIpc) is 2.68. The number of hydrogen-bond acceptors (Lipinski definition) is 7. The summed E-state index contributed by atoms with van der Waals surface area (Å²) in [6.07, 6.45) is 4.41. The average molecular weight is 379 g/mol. The predicted octanol–water partition coefficient (Wildman–Crippen LogP) is 2.84. The number of nitro groups is 2. The van der Waals surface area contributed by atoms with Crippen molar-refractivity contribution < 1.29 is 24.2 Å². The number of hydrogen-bond donors (Lipinski definition) is 0. The molecule has 1 aromatic carbocycles. The van der Waals surface area contributed by atoms with Gasteiger partial charge in [0.15, 0.2) is 0 Å². The molecule has 0 aliphatic heterocycles. The Labute approximate surface area is 155 Å². The zero-order chi connectivity index (χ0) is 20.0. The zero-order valence-electron chi connectivity index (χ0n) is 15.0. The van der Waals surface area contributed by atoms with E-state index in [9.17, 15) is 29.8 Å². The quantitative estimate of drug-likeness (QED) is 0.404. The van der Waals surface area contributed by atoms with Crippen LogP contribution < -0.4 is 0 Å². The zero-order valence-corrected chi connectivity index (χ0v) is 15.0. The largest absolute Gasteiger partial charge is 0.469 e. The second-order valence-electron chi connectivity index (χ2n) is 6.37. The number of non-ortho nitro benzene ring substituents is 2. The van der Waals surface area contributed by atoms with Gasteiger partial charge in [-0.2, -0.15) is 0 Å². The molecule has 2 rings (SSSR count). The molecule has 146 valence electrons. The summed E-state index contributed by atoms with van der Waals surface area (Å²) in [5.74, 6) is -1.04. The third-order valence-corrected chi connectivity index (χ3v) is 4.63. The van der Waals surface area contributed by atoms with E-state index in [4.69, 9.17) is 0 Å². The highest BCUT2D eigenvalue weighted by Gasteiger charge is 2.29. The van der Waals surface area contributed by atoms with Gasteiger partial charge in [0.05, 0.1) is 35.0 Å². The molecule has 0 atom stereocenters. The molecule has 27 heavy (non-hydrogen) atoms. The van der Waals surface area contributed by atoms with Gasteiger partial charge in [-0.05, 0) is 12.8 Å². The molecule has 0 unspecified atom stereocenters. The summed E-state index contributed by atoms with van der Waals surface area (Å²) in [6.45, 7) is 0.0899. The van der Waals surface area contributed by atoms with Crippen molar-refractivity contribution in [3.63, 3.8) is 0 Å². The van der Waals surface area contributed by atoms with Crippen LogP contribution in [0.25, 0.3) is 0 Å². The van der Waals surface area contributed by atoms with Gasteiger partial charge in [-0.3, -0.25) is 29.8 Å². The fraction of sp³-hybridized carbons (Fsp3) is 0.529. The number of nitro benzene ring substituents is 2. The SMILES string of the molecule is COC(=O)CCN(C(=O)c1cc([N+](=O)[O-])cc([N+](=O)[O-])c1)C1CCCCC1. The summed E-state index contributed by atoms with van der Waals surface area (Å²) in [5.41, 5.74) is -1.18. The Hall–Kier alpha value is -3.04. The number of esters is 1. The van der Waals surface area contributed by atoms with Crippen molar-refractivity contribution in [1.29, 1.82) is 0 Å². The number of nitrogens with zero attached hydrogens (tertiary/aromatic N) is 3. The van der Waals surface area contributed by atoms with Gasteiger partial charge in [0, 0.05) is 24.7 Å². The van der Waals surface area contributed by atoms with Crippen LogP contribution in [0, 0.1) is 20.2 Å². The maximum Gasteiger partial charge on any atom is 0.307 e. The first-order chi connectivity index (χ1) is 12.8. The molecule has 0 N–H and O–H groups in total. The van der Waals surface area contributed by atoms with Crippen molar-refractivity contribution in [3.05, 3.63) is 44.0 Å². The molecule has 1 aromatic rings. The molecule has 0 heterocycles. The molecule has 0 saturated heterocycles. The number of benzene rings is 1. The van der Waals surface area contributed by atoms with Gasteiger partial charge in [-0.1, -0.05) is 19.3 Å². The minimum atomic E-state index is -0.775. The Morgan fingerprint density at radius 2 is 1.63 bits per heavy atom. The molecule has 1 saturated carbocycles. The number of methoxy groups -OCH3 is 1. The predicted molar refractivity (Wildman–Crippen MR) is 94.3 cm³/mol. The highest BCUT2D eigenvalue weighted by molar-refractivity contribution is 5.96. The highest BCUT2D eigenvalue weighted by atomic mass is 16.6. The Bertz CT molecular complexity index is 712. The van der Waals surface area contributed by atoms with E-state index in [2.05, 4.69) is 4.74 Å². The van der Waals surface area contributed by atoms with Gasteiger partial charge in [-0.15, -0.1) is 0 Å². The van der Waals surface area contributed by atoms with Gasteiger partial charge in [0.25, 0.3) is 17.3 Å². The van der Waals surface area contributed by atoms with Gasteiger partial charge in [0.2, 0.25) is 0 Å². The number of ether oxygens (including phenoxy) is 1. The van der Waals surface area contributed by atoms with Crippen LogP contribution in [0.3, 0.4) is 0 Å². The third kappa shape index (κ3) is 5.22. The molecule has 10 nitrogen and oxygen atoms in total. The molecule has 0 radical (unpaired) electrons. The van der Waals surface area contributed by atoms with Crippen LogP contribution >= 0.6 is 0 Å². The highest BCUT2D eigenvalue weighted by Crippen LogP contribution is 2.27. The Morgan fingerprint density at radius 1 is 1.07 bits per heavy atom.